The maximum absolute atomic E-state index is 12.8. The van der Waals surface area contributed by atoms with Crippen molar-refractivity contribution < 1.29 is 13.2 Å². The van der Waals surface area contributed by atoms with Gasteiger partial charge in [0.15, 0.2) is 0 Å². The maximum atomic E-state index is 12.8. The SMILES string of the molecule is CC[C@@H](NC(=O)CN(c1ccccc1Cl)S(C)(=O)=O)c1ccc2c(c1)CCCC2. The third-order valence-corrected chi connectivity index (χ3v) is 6.77. The number of halogens is 1. The van der Waals surface area contributed by atoms with E-state index in [1.165, 1.54) is 24.0 Å². The van der Waals surface area contributed by atoms with Gasteiger partial charge in [0.25, 0.3) is 0 Å². The number of carbonyl (C=O) groups is 1. The quantitative estimate of drug-likeness (QED) is 0.708. The van der Waals surface area contributed by atoms with Gasteiger partial charge in [-0.1, -0.05) is 48.9 Å². The number of para-hydroxylation sites is 1. The Morgan fingerprint density at radius 2 is 1.83 bits per heavy atom. The van der Waals surface area contributed by atoms with E-state index in [0.717, 1.165) is 35.4 Å². The number of sulfonamides is 1. The van der Waals surface area contributed by atoms with Gasteiger partial charge < -0.3 is 5.32 Å². The fourth-order valence-electron chi connectivity index (χ4n) is 3.80. The van der Waals surface area contributed by atoms with Crippen LogP contribution in [0.15, 0.2) is 42.5 Å². The molecule has 0 saturated carbocycles. The second-order valence-corrected chi connectivity index (χ2v) is 9.80. The van der Waals surface area contributed by atoms with Crippen LogP contribution in [0.2, 0.25) is 5.02 Å². The number of fused-ring (bicyclic) bond motifs is 1. The summed E-state index contributed by atoms with van der Waals surface area (Å²) < 4.78 is 25.6. The van der Waals surface area contributed by atoms with Crippen molar-refractivity contribution in [2.24, 2.45) is 0 Å². The lowest BCUT2D eigenvalue weighted by molar-refractivity contribution is -0.120. The smallest absolute Gasteiger partial charge is 0.241 e. The molecule has 0 fully saturated rings. The molecule has 0 aromatic heterocycles. The number of aryl methyl sites for hydroxylation is 2. The predicted molar refractivity (Wildman–Crippen MR) is 118 cm³/mol. The van der Waals surface area contributed by atoms with Crippen molar-refractivity contribution in [3.8, 4) is 0 Å². The molecular formula is C22H27ClN2O3S. The van der Waals surface area contributed by atoms with Crippen molar-refractivity contribution in [1.82, 2.24) is 5.32 Å². The van der Waals surface area contributed by atoms with Crippen LogP contribution in [0.5, 0.6) is 0 Å². The molecule has 0 unspecified atom stereocenters. The van der Waals surface area contributed by atoms with E-state index in [0.29, 0.717) is 5.69 Å². The third kappa shape index (κ3) is 5.31. The Kier molecular flexibility index (Phi) is 6.85. The van der Waals surface area contributed by atoms with Gasteiger partial charge in [-0.25, -0.2) is 8.42 Å². The van der Waals surface area contributed by atoms with E-state index in [4.69, 9.17) is 11.6 Å². The molecule has 0 bridgehead atoms. The Morgan fingerprint density at radius 3 is 2.48 bits per heavy atom. The van der Waals surface area contributed by atoms with Crippen molar-refractivity contribution in [3.05, 3.63) is 64.2 Å². The highest BCUT2D eigenvalue weighted by Gasteiger charge is 2.24. The number of hydrogen-bond acceptors (Lipinski definition) is 3. The molecule has 3 rings (SSSR count). The van der Waals surface area contributed by atoms with Crippen LogP contribution < -0.4 is 9.62 Å². The number of benzene rings is 2. The molecule has 0 heterocycles. The Labute approximate surface area is 178 Å². The fraction of sp³-hybridized carbons (Fsp3) is 0.409. The van der Waals surface area contributed by atoms with Gasteiger partial charge in [-0.05, 0) is 60.9 Å². The minimum atomic E-state index is -3.67. The van der Waals surface area contributed by atoms with E-state index in [9.17, 15) is 13.2 Å². The minimum absolute atomic E-state index is 0.164. The number of carbonyl (C=O) groups excluding carboxylic acids is 1. The molecule has 7 heteroatoms. The molecule has 1 aliphatic rings. The van der Waals surface area contributed by atoms with E-state index >= 15 is 0 Å². The van der Waals surface area contributed by atoms with Crippen molar-refractivity contribution in [3.63, 3.8) is 0 Å². The lowest BCUT2D eigenvalue weighted by Gasteiger charge is -2.25. The summed E-state index contributed by atoms with van der Waals surface area (Å²) in [5.74, 6) is -0.361. The van der Waals surface area contributed by atoms with Crippen LogP contribution in [0.4, 0.5) is 5.69 Å². The zero-order valence-electron chi connectivity index (χ0n) is 16.8. The first-order chi connectivity index (χ1) is 13.8. The molecule has 1 N–H and O–H groups in total. The van der Waals surface area contributed by atoms with Crippen molar-refractivity contribution >= 4 is 33.2 Å². The number of nitrogens with one attached hydrogen (secondary N) is 1. The Hall–Kier alpha value is -2.05. The number of hydrogen-bond donors (Lipinski definition) is 1. The maximum Gasteiger partial charge on any atom is 0.241 e. The summed E-state index contributed by atoms with van der Waals surface area (Å²) in [6.45, 7) is 1.69. The highest BCUT2D eigenvalue weighted by Crippen LogP contribution is 2.28. The lowest BCUT2D eigenvalue weighted by atomic mass is 9.89. The first-order valence-corrected chi connectivity index (χ1v) is 12.2. The van der Waals surface area contributed by atoms with Crippen LogP contribution >= 0.6 is 11.6 Å². The van der Waals surface area contributed by atoms with Gasteiger partial charge >= 0.3 is 0 Å². The van der Waals surface area contributed by atoms with Gasteiger partial charge in [0.2, 0.25) is 15.9 Å². The van der Waals surface area contributed by atoms with Crippen LogP contribution in [0, 0.1) is 0 Å². The third-order valence-electron chi connectivity index (χ3n) is 5.33. The zero-order valence-corrected chi connectivity index (χ0v) is 18.4. The van der Waals surface area contributed by atoms with Gasteiger partial charge in [0.05, 0.1) is 23.0 Å². The van der Waals surface area contributed by atoms with E-state index in [-0.39, 0.29) is 23.5 Å². The van der Waals surface area contributed by atoms with Crippen LogP contribution in [0.3, 0.4) is 0 Å². The van der Waals surface area contributed by atoms with Crippen molar-refractivity contribution in [1.29, 1.82) is 0 Å². The Bertz CT molecular complexity index is 991. The first-order valence-electron chi connectivity index (χ1n) is 9.93. The van der Waals surface area contributed by atoms with Gasteiger partial charge in [-0.15, -0.1) is 0 Å². The standard InChI is InChI=1S/C22H27ClN2O3S/c1-3-20(18-13-12-16-8-4-5-9-17(16)14-18)24-22(26)15-25(29(2,27)28)21-11-7-6-10-19(21)23/h6-7,10-14,20H,3-5,8-9,15H2,1-2H3,(H,24,26)/t20-/m1/s1. The van der Waals surface area contributed by atoms with Crippen LogP contribution in [0.25, 0.3) is 0 Å². The number of amides is 1. The van der Waals surface area contributed by atoms with Crippen LogP contribution in [0.1, 0.15) is 48.9 Å². The van der Waals surface area contributed by atoms with E-state index in [1.54, 1.807) is 24.3 Å². The van der Waals surface area contributed by atoms with Crippen LogP contribution in [-0.2, 0) is 27.7 Å². The normalized spacial score (nSPS) is 14.7. The summed E-state index contributed by atoms with van der Waals surface area (Å²) in [5, 5.41) is 3.28. The average molecular weight is 435 g/mol. The molecule has 1 amide bonds. The number of anilines is 1. The molecule has 0 radical (unpaired) electrons. The summed E-state index contributed by atoms with van der Waals surface area (Å²) in [6, 6.07) is 12.9. The summed E-state index contributed by atoms with van der Waals surface area (Å²) in [6.07, 6.45) is 6.39. The Morgan fingerprint density at radius 1 is 1.14 bits per heavy atom. The minimum Gasteiger partial charge on any atom is -0.348 e. The predicted octanol–water partition coefficient (Wildman–Crippen LogP) is 4.25. The second-order valence-electron chi connectivity index (χ2n) is 7.48. The highest BCUT2D eigenvalue weighted by atomic mass is 35.5. The van der Waals surface area contributed by atoms with Crippen LogP contribution in [-0.4, -0.2) is 27.1 Å². The summed E-state index contributed by atoms with van der Waals surface area (Å²) in [5.41, 5.74) is 4.11. The van der Waals surface area contributed by atoms with Gasteiger partial charge in [-0.3, -0.25) is 9.10 Å². The van der Waals surface area contributed by atoms with E-state index in [1.807, 2.05) is 6.92 Å². The molecule has 1 aliphatic carbocycles. The first kappa shape index (κ1) is 21.7. The van der Waals surface area contributed by atoms with E-state index in [2.05, 4.69) is 23.5 Å². The van der Waals surface area contributed by atoms with E-state index < -0.39 is 10.0 Å². The average Bonchev–Trinajstić information content (AvgIpc) is 2.70. The molecule has 1 atom stereocenters. The highest BCUT2D eigenvalue weighted by molar-refractivity contribution is 7.92. The lowest BCUT2D eigenvalue weighted by Crippen LogP contribution is -2.41. The molecule has 0 saturated heterocycles. The summed E-state index contributed by atoms with van der Waals surface area (Å²) in [4.78, 5) is 12.8. The topological polar surface area (TPSA) is 66.5 Å². The molecule has 29 heavy (non-hydrogen) atoms. The fourth-order valence-corrected chi connectivity index (χ4v) is 4.95. The van der Waals surface area contributed by atoms with Crippen molar-refractivity contribution in [2.45, 2.75) is 45.1 Å². The summed E-state index contributed by atoms with van der Waals surface area (Å²) in [7, 11) is -3.67. The second kappa shape index (κ2) is 9.18. The molecule has 2 aromatic rings. The molecule has 2 aromatic carbocycles. The number of nitrogens with zero attached hydrogens (tertiary/aromatic N) is 1. The summed E-state index contributed by atoms with van der Waals surface area (Å²) >= 11 is 6.17. The van der Waals surface area contributed by atoms with Gasteiger partial charge in [0, 0.05) is 0 Å². The van der Waals surface area contributed by atoms with Crippen molar-refractivity contribution in [2.75, 3.05) is 17.1 Å². The molecule has 0 aliphatic heterocycles. The largest absolute Gasteiger partial charge is 0.348 e. The van der Waals surface area contributed by atoms with Gasteiger partial charge in [-0.2, -0.15) is 0 Å². The molecule has 156 valence electrons. The monoisotopic (exact) mass is 434 g/mol. The molecule has 5 nitrogen and oxygen atoms in total. The van der Waals surface area contributed by atoms with Gasteiger partial charge in [0.1, 0.15) is 6.54 Å². The zero-order chi connectivity index (χ0) is 21.0. The molecular weight excluding hydrogens is 408 g/mol. The molecule has 0 spiro atoms. The number of rotatable bonds is 7. The Balaban J connectivity index is 1.77.